The van der Waals surface area contributed by atoms with Crippen LogP contribution in [0.3, 0.4) is 0 Å². The summed E-state index contributed by atoms with van der Waals surface area (Å²) < 4.78 is 6.08. The first-order valence-corrected chi connectivity index (χ1v) is 8.23. The van der Waals surface area contributed by atoms with E-state index in [4.69, 9.17) is 4.43 Å². The maximum atomic E-state index is 10.2. The molecular weight excluding hydrogens is 192 g/mol. The molecule has 0 aromatic carbocycles. The Morgan fingerprint density at radius 2 is 1.86 bits per heavy atom. The van der Waals surface area contributed by atoms with Gasteiger partial charge in [0.1, 0.15) is 6.29 Å². The molecule has 0 amide bonds. The van der Waals surface area contributed by atoms with Gasteiger partial charge in [0.2, 0.25) is 0 Å². The van der Waals surface area contributed by atoms with Crippen molar-refractivity contribution in [3.8, 4) is 0 Å². The van der Waals surface area contributed by atoms with E-state index in [1.165, 1.54) is 0 Å². The molecule has 2 nitrogen and oxygen atoms in total. The van der Waals surface area contributed by atoms with Gasteiger partial charge in [-0.15, -0.1) is 0 Å². The third kappa shape index (κ3) is 4.38. The quantitative estimate of drug-likeness (QED) is 0.520. The average molecular weight is 216 g/mol. The summed E-state index contributed by atoms with van der Waals surface area (Å²) in [5.41, 5.74) is 0. The van der Waals surface area contributed by atoms with Gasteiger partial charge in [-0.1, -0.05) is 20.8 Å². The zero-order valence-electron chi connectivity index (χ0n) is 10.4. The average Bonchev–Trinajstić information content (AvgIpc) is 1.97. The van der Waals surface area contributed by atoms with Gasteiger partial charge in [0, 0.05) is 12.5 Å². The molecule has 0 spiro atoms. The molecule has 0 saturated heterocycles. The highest BCUT2D eigenvalue weighted by molar-refractivity contribution is 6.74. The van der Waals surface area contributed by atoms with E-state index in [1.807, 2.05) is 0 Å². The Kier molecular flexibility index (Phi) is 5.02. The van der Waals surface area contributed by atoms with Gasteiger partial charge in [0.05, 0.1) is 0 Å². The topological polar surface area (TPSA) is 26.3 Å². The summed E-state index contributed by atoms with van der Waals surface area (Å²) in [6, 6.07) is 0. The first-order chi connectivity index (χ1) is 6.20. The number of hydrogen-bond acceptors (Lipinski definition) is 2. The second kappa shape index (κ2) is 5.08. The maximum Gasteiger partial charge on any atom is 0.192 e. The Balaban J connectivity index is 4.15. The van der Waals surface area contributed by atoms with Crippen molar-refractivity contribution in [2.45, 2.75) is 64.8 Å². The van der Waals surface area contributed by atoms with Gasteiger partial charge in [-0.3, -0.25) is 0 Å². The van der Waals surface area contributed by atoms with Gasteiger partial charge in [-0.2, -0.15) is 0 Å². The van der Waals surface area contributed by atoms with Gasteiger partial charge in [0.15, 0.2) is 8.32 Å². The largest absolute Gasteiger partial charge is 0.414 e. The van der Waals surface area contributed by atoms with E-state index in [9.17, 15) is 4.79 Å². The lowest BCUT2D eigenvalue weighted by Gasteiger charge is -2.38. The molecular formula is C11H24O2Si. The minimum absolute atomic E-state index is 0.209. The second-order valence-electron chi connectivity index (χ2n) is 5.43. The minimum atomic E-state index is -1.63. The first-order valence-electron chi connectivity index (χ1n) is 5.32. The summed E-state index contributed by atoms with van der Waals surface area (Å²) in [7, 11) is -1.63. The molecule has 0 saturated carbocycles. The number of carbonyl (C=O) groups excluding carboxylic acids is 1. The van der Waals surface area contributed by atoms with Crippen molar-refractivity contribution in [1.82, 2.24) is 0 Å². The van der Waals surface area contributed by atoms with Crippen LogP contribution in [0.4, 0.5) is 0 Å². The molecule has 0 fully saturated rings. The highest BCUT2D eigenvalue weighted by Gasteiger charge is 2.38. The van der Waals surface area contributed by atoms with Crippen molar-refractivity contribution in [1.29, 1.82) is 0 Å². The molecule has 84 valence electrons. The third-order valence-corrected chi connectivity index (χ3v) is 7.60. The Morgan fingerprint density at radius 3 is 2.21 bits per heavy atom. The molecule has 14 heavy (non-hydrogen) atoms. The Morgan fingerprint density at radius 1 is 1.36 bits per heavy atom. The molecule has 3 heteroatoms. The summed E-state index contributed by atoms with van der Waals surface area (Å²) in [5, 5.41) is 0.252. The molecule has 0 heterocycles. The van der Waals surface area contributed by atoms with E-state index < -0.39 is 8.32 Å². The van der Waals surface area contributed by atoms with Crippen LogP contribution >= 0.6 is 0 Å². The fourth-order valence-electron chi connectivity index (χ4n) is 1.04. The van der Waals surface area contributed by atoms with Gasteiger partial charge in [0.25, 0.3) is 0 Å². The lowest BCUT2D eigenvalue weighted by Crippen LogP contribution is -2.43. The van der Waals surface area contributed by atoms with Crippen molar-refractivity contribution in [2.24, 2.45) is 0 Å². The zero-order valence-corrected chi connectivity index (χ0v) is 11.4. The van der Waals surface area contributed by atoms with E-state index in [-0.39, 0.29) is 11.1 Å². The van der Waals surface area contributed by atoms with Crippen LogP contribution in [0.15, 0.2) is 0 Å². The lowest BCUT2D eigenvalue weighted by molar-refractivity contribution is -0.108. The normalized spacial score (nSPS) is 15.3. The lowest BCUT2D eigenvalue weighted by atomic mass is 10.2. The molecule has 0 radical (unpaired) electrons. The number of rotatable bonds is 5. The van der Waals surface area contributed by atoms with Crippen LogP contribution in [0, 0.1) is 0 Å². The van der Waals surface area contributed by atoms with E-state index in [1.54, 1.807) is 0 Å². The van der Waals surface area contributed by atoms with Gasteiger partial charge in [-0.05, 0) is 31.5 Å². The van der Waals surface area contributed by atoms with Gasteiger partial charge in [-0.25, -0.2) is 0 Å². The van der Waals surface area contributed by atoms with Crippen molar-refractivity contribution < 1.29 is 9.22 Å². The van der Waals surface area contributed by atoms with Crippen LogP contribution < -0.4 is 0 Å². The monoisotopic (exact) mass is 216 g/mol. The summed E-state index contributed by atoms with van der Waals surface area (Å²) in [4.78, 5) is 10.2. The van der Waals surface area contributed by atoms with Crippen molar-refractivity contribution >= 4 is 14.6 Å². The first kappa shape index (κ1) is 13.8. The fourth-order valence-corrected chi connectivity index (χ4v) is 2.52. The third-order valence-electron chi connectivity index (χ3n) is 2.99. The van der Waals surface area contributed by atoms with Crippen molar-refractivity contribution in [2.75, 3.05) is 0 Å². The van der Waals surface area contributed by atoms with Crippen LogP contribution in [0.1, 0.15) is 40.5 Å². The zero-order chi connectivity index (χ0) is 11.4. The Bertz CT molecular complexity index is 182. The van der Waals surface area contributed by atoms with Crippen LogP contribution in [0.5, 0.6) is 0 Å². The van der Waals surface area contributed by atoms with Crippen LogP contribution in [-0.4, -0.2) is 20.7 Å². The fraction of sp³-hybridized carbons (Fsp3) is 0.909. The predicted octanol–water partition coefficient (Wildman–Crippen LogP) is 3.38. The summed E-state index contributed by atoms with van der Waals surface area (Å²) in [6.07, 6.45) is 2.62. The smallest absolute Gasteiger partial charge is 0.192 e. The summed E-state index contributed by atoms with van der Waals surface area (Å²) in [5.74, 6) is 0. The Labute approximate surface area is 89.2 Å². The molecule has 0 aromatic rings. The van der Waals surface area contributed by atoms with Gasteiger partial charge < -0.3 is 9.22 Å². The Hall–Kier alpha value is -0.153. The molecule has 0 bridgehead atoms. The number of carbonyl (C=O) groups is 1. The van der Waals surface area contributed by atoms with Crippen LogP contribution in [0.25, 0.3) is 0 Å². The molecule has 0 N–H and O–H groups in total. The molecule has 0 aliphatic heterocycles. The standard InChI is InChI=1S/C11H24O2Si/c1-10(8-7-9-12)13-14(5,6)11(2,3)4/h9-10H,7-8H2,1-6H3/t10-/m1/s1. The van der Waals surface area contributed by atoms with Crippen molar-refractivity contribution in [3.05, 3.63) is 0 Å². The summed E-state index contributed by atoms with van der Waals surface area (Å²) >= 11 is 0. The van der Waals surface area contributed by atoms with E-state index in [2.05, 4.69) is 40.8 Å². The van der Waals surface area contributed by atoms with E-state index in [0.717, 1.165) is 12.7 Å². The molecule has 0 rings (SSSR count). The predicted molar refractivity (Wildman–Crippen MR) is 63.0 cm³/mol. The van der Waals surface area contributed by atoms with Gasteiger partial charge >= 0.3 is 0 Å². The molecule has 0 aliphatic carbocycles. The van der Waals surface area contributed by atoms with Crippen molar-refractivity contribution in [3.63, 3.8) is 0 Å². The highest BCUT2D eigenvalue weighted by atomic mass is 28.4. The van der Waals surface area contributed by atoms with E-state index >= 15 is 0 Å². The molecule has 0 aliphatic rings. The number of hydrogen-bond donors (Lipinski definition) is 0. The molecule has 1 atom stereocenters. The molecule has 0 unspecified atom stereocenters. The van der Waals surface area contributed by atoms with Crippen LogP contribution in [0.2, 0.25) is 18.1 Å². The summed E-state index contributed by atoms with van der Waals surface area (Å²) in [6.45, 7) is 13.2. The molecule has 0 aromatic heterocycles. The minimum Gasteiger partial charge on any atom is -0.414 e. The second-order valence-corrected chi connectivity index (χ2v) is 10.2. The SMILES string of the molecule is C[C@H](CCC=O)O[Si](C)(C)C(C)(C)C. The van der Waals surface area contributed by atoms with Crippen LogP contribution in [-0.2, 0) is 9.22 Å². The highest BCUT2D eigenvalue weighted by Crippen LogP contribution is 2.37. The number of aldehydes is 1. The maximum absolute atomic E-state index is 10.2. The van der Waals surface area contributed by atoms with E-state index in [0.29, 0.717) is 6.42 Å².